The molecule has 2 aromatic carbocycles. The highest BCUT2D eigenvalue weighted by atomic mass is 16.6. The SMILES string of the molecule is c1ccc2c(c1)OC[C@@H](CCNCc1cn[nH]c1-c1cc3ccccc3o1)O2. The fraction of sp³-hybridized carbons (Fsp3) is 0.227. The molecule has 1 aliphatic heterocycles. The Morgan fingerprint density at radius 1 is 1.07 bits per heavy atom. The van der Waals surface area contributed by atoms with Gasteiger partial charge in [0.25, 0.3) is 0 Å². The van der Waals surface area contributed by atoms with Crippen LogP contribution in [0.15, 0.2) is 65.2 Å². The van der Waals surface area contributed by atoms with Crippen molar-refractivity contribution in [1.29, 1.82) is 0 Å². The Morgan fingerprint density at radius 2 is 1.93 bits per heavy atom. The highest BCUT2D eigenvalue weighted by Crippen LogP contribution is 2.31. The average molecular weight is 375 g/mol. The molecular weight excluding hydrogens is 354 g/mol. The van der Waals surface area contributed by atoms with Crippen LogP contribution in [0.2, 0.25) is 0 Å². The molecule has 0 saturated heterocycles. The predicted molar refractivity (Wildman–Crippen MR) is 106 cm³/mol. The van der Waals surface area contributed by atoms with Crippen LogP contribution in [0.1, 0.15) is 12.0 Å². The summed E-state index contributed by atoms with van der Waals surface area (Å²) in [6.07, 6.45) is 2.76. The summed E-state index contributed by atoms with van der Waals surface area (Å²) < 4.78 is 17.7. The molecule has 0 amide bonds. The molecule has 2 N–H and O–H groups in total. The first-order chi connectivity index (χ1) is 13.9. The number of H-pyrrole nitrogens is 1. The Kier molecular flexibility index (Phi) is 4.47. The van der Waals surface area contributed by atoms with Crippen molar-refractivity contribution in [3.05, 3.63) is 66.4 Å². The summed E-state index contributed by atoms with van der Waals surface area (Å²) in [6, 6.07) is 17.8. The highest BCUT2D eigenvalue weighted by Gasteiger charge is 2.20. The molecule has 0 aliphatic carbocycles. The number of para-hydroxylation sites is 3. The number of ether oxygens (including phenoxy) is 2. The Morgan fingerprint density at radius 3 is 2.86 bits per heavy atom. The zero-order valence-corrected chi connectivity index (χ0v) is 15.4. The maximum atomic E-state index is 6.00. The summed E-state index contributed by atoms with van der Waals surface area (Å²) in [5.74, 6) is 2.44. The van der Waals surface area contributed by atoms with E-state index >= 15 is 0 Å². The van der Waals surface area contributed by atoms with E-state index in [4.69, 9.17) is 13.9 Å². The van der Waals surface area contributed by atoms with Crippen LogP contribution in [0.25, 0.3) is 22.4 Å². The molecule has 6 nitrogen and oxygen atoms in total. The van der Waals surface area contributed by atoms with Crippen LogP contribution in [0.4, 0.5) is 0 Å². The van der Waals surface area contributed by atoms with Gasteiger partial charge in [0.2, 0.25) is 0 Å². The molecule has 0 bridgehead atoms. The van der Waals surface area contributed by atoms with E-state index in [1.807, 2.05) is 60.8 Å². The Hall–Kier alpha value is -3.25. The van der Waals surface area contributed by atoms with Crippen molar-refractivity contribution in [2.45, 2.75) is 19.1 Å². The third-order valence-electron chi connectivity index (χ3n) is 4.92. The summed E-state index contributed by atoms with van der Waals surface area (Å²) in [5.41, 5.74) is 2.86. The molecule has 1 atom stereocenters. The molecular formula is C22H21N3O3. The lowest BCUT2D eigenvalue weighted by atomic mass is 10.2. The second-order valence-corrected chi connectivity index (χ2v) is 6.88. The molecule has 6 heteroatoms. The normalized spacial score (nSPS) is 15.8. The third kappa shape index (κ3) is 3.34. The molecule has 5 rings (SSSR count). The van der Waals surface area contributed by atoms with Gasteiger partial charge in [0.15, 0.2) is 17.3 Å². The van der Waals surface area contributed by atoms with Gasteiger partial charge in [0, 0.05) is 23.9 Å². The highest BCUT2D eigenvalue weighted by molar-refractivity contribution is 5.82. The minimum Gasteiger partial charge on any atom is -0.486 e. The summed E-state index contributed by atoms with van der Waals surface area (Å²) in [7, 11) is 0. The lowest BCUT2D eigenvalue weighted by molar-refractivity contribution is 0.0849. The van der Waals surface area contributed by atoms with Crippen molar-refractivity contribution in [3.63, 3.8) is 0 Å². The van der Waals surface area contributed by atoms with Gasteiger partial charge in [-0.25, -0.2) is 0 Å². The lowest BCUT2D eigenvalue weighted by Crippen LogP contribution is -2.32. The number of furan rings is 1. The number of nitrogens with one attached hydrogen (secondary N) is 2. The number of aromatic amines is 1. The quantitative estimate of drug-likeness (QED) is 0.496. The van der Waals surface area contributed by atoms with Crippen LogP contribution < -0.4 is 14.8 Å². The summed E-state index contributed by atoms with van der Waals surface area (Å²) in [6.45, 7) is 2.10. The Labute approximate surface area is 162 Å². The van der Waals surface area contributed by atoms with E-state index < -0.39 is 0 Å². The summed E-state index contributed by atoms with van der Waals surface area (Å²) >= 11 is 0. The van der Waals surface area contributed by atoms with Gasteiger partial charge in [-0.1, -0.05) is 30.3 Å². The molecule has 3 heterocycles. The van der Waals surface area contributed by atoms with Crippen molar-refractivity contribution in [2.24, 2.45) is 0 Å². The molecule has 2 aromatic heterocycles. The van der Waals surface area contributed by atoms with Gasteiger partial charge >= 0.3 is 0 Å². The maximum absolute atomic E-state index is 6.00. The number of nitrogens with zero attached hydrogens (tertiary/aromatic N) is 1. The fourth-order valence-corrected chi connectivity index (χ4v) is 3.45. The fourth-order valence-electron chi connectivity index (χ4n) is 3.45. The molecule has 0 fully saturated rings. The van der Waals surface area contributed by atoms with Crippen LogP contribution in [0, 0.1) is 0 Å². The monoisotopic (exact) mass is 375 g/mol. The minimum atomic E-state index is 0.0570. The molecule has 4 aromatic rings. The molecule has 0 saturated carbocycles. The number of hydrogen-bond donors (Lipinski definition) is 2. The van der Waals surface area contributed by atoms with Gasteiger partial charge in [0.1, 0.15) is 24.0 Å². The first-order valence-corrected chi connectivity index (χ1v) is 9.47. The van der Waals surface area contributed by atoms with Gasteiger partial charge < -0.3 is 19.2 Å². The van der Waals surface area contributed by atoms with Crippen LogP contribution >= 0.6 is 0 Å². The van der Waals surface area contributed by atoms with E-state index in [1.165, 1.54) is 0 Å². The van der Waals surface area contributed by atoms with E-state index in [-0.39, 0.29) is 6.10 Å². The van der Waals surface area contributed by atoms with Crippen molar-refractivity contribution in [3.8, 4) is 23.0 Å². The van der Waals surface area contributed by atoms with Gasteiger partial charge in [-0.2, -0.15) is 5.10 Å². The van der Waals surface area contributed by atoms with E-state index in [0.717, 1.165) is 52.5 Å². The topological polar surface area (TPSA) is 72.3 Å². The van der Waals surface area contributed by atoms with Crippen LogP contribution in [-0.2, 0) is 6.54 Å². The standard InChI is InChI=1S/C22H21N3O3/c1-2-6-18-15(5-1)11-21(28-18)22-16(13-24-25-22)12-23-10-9-17-14-26-19-7-3-4-8-20(19)27-17/h1-8,11,13,17,23H,9-10,12,14H2,(H,24,25)/t17-/m1/s1. The zero-order chi connectivity index (χ0) is 18.8. The van der Waals surface area contributed by atoms with Crippen molar-refractivity contribution in [1.82, 2.24) is 15.5 Å². The summed E-state index contributed by atoms with van der Waals surface area (Å²) in [4.78, 5) is 0. The number of hydrogen-bond acceptors (Lipinski definition) is 5. The Bertz CT molecular complexity index is 1050. The molecule has 142 valence electrons. The number of benzene rings is 2. The number of fused-ring (bicyclic) bond motifs is 2. The molecule has 1 aliphatic rings. The van der Waals surface area contributed by atoms with Gasteiger partial charge in [-0.05, 0) is 30.8 Å². The lowest BCUT2D eigenvalue weighted by Gasteiger charge is -2.26. The van der Waals surface area contributed by atoms with Gasteiger partial charge in [-0.15, -0.1) is 0 Å². The van der Waals surface area contributed by atoms with Crippen molar-refractivity contribution < 1.29 is 13.9 Å². The van der Waals surface area contributed by atoms with E-state index in [9.17, 15) is 0 Å². The molecule has 0 unspecified atom stereocenters. The van der Waals surface area contributed by atoms with Crippen molar-refractivity contribution >= 4 is 11.0 Å². The van der Waals surface area contributed by atoms with Crippen LogP contribution in [0.3, 0.4) is 0 Å². The first kappa shape index (κ1) is 16.9. The van der Waals surface area contributed by atoms with Crippen LogP contribution in [0.5, 0.6) is 11.5 Å². The smallest absolute Gasteiger partial charge is 0.161 e. The predicted octanol–water partition coefficient (Wildman–Crippen LogP) is 4.14. The first-order valence-electron chi connectivity index (χ1n) is 9.47. The maximum Gasteiger partial charge on any atom is 0.161 e. The Balaban J connectivity index is 1.18. The van der Waals surface area contributed by atoms with E-state index in [1.54, 1.807) is 0 Å². The largest absolute Gasteiger partial charge is 0.486 e. The van der Waals surface area contributed by atoms with Crippen molar-refractivity contribution in [2.75, 3.05) is 13.2 Å². The number of aromatic nitrogens is 2. The van der Waals surface area contributed by atoms with Crippen LogP contribution in [-0.4, -0.2) is 29.5 Å². The van der Waals surface area contributed by atoms with Gasteiger partial charge in [0.05, 0.1) is 6.20 Å². The molecule has 28 heavy (non-hydrogen) atoms. The van der Waals surface area contributed by atoms with Gasteiger partial charge in [-0.3, -0.25) is 5.10 Å². The second kappa shape index (κ2) is 7.40. The zero-order valence-electron chi connectivity index (χ0n) is 15.4. The third-order valence-corrected chi connectivity index (χ3v) is 4.92. The molecule has 0 spiro atoms. The summed E-state index contributed by atoms with van der Waals surface area (Å²) in [5, 5.41) is 11.8. The second-order valence-electron chi connectivity index (χ2n) is 6.88. The number of rotatable bonds is 6. The average Bonchev–Trinajstić information content (AvgIpc) is 3.37. The molecule has 0 radical (unpaired) electrons. The van der Waals surface area contributed by atoms with E-state index in [0.29, 0.717) is 13.2 Å². The van der Waals surface area contributed by atoms with E-state index in [2.05, 4.69) is 15.5 Å². The minimum absolute atomic E-state index is 0.0570.